The molecule has 0 aromatic heterocycles. The van der Waals surface area contributed by atoms with Gasteiger partial charge in [0.1, 0.15) is 0 Å². The number of nitrogens with one attached hydrogen (secondary N) is 1. The maximum absolute atomic E-state index is 12.3. The van der Waals surface area contributed by atoms with Gasteiger partial charge in [-0.3, -0.25) is 0 Å². The summed E-state index contributed by atoms with van der Waals surface area (Å²) in [5, 5.41) is 3.30. The minimum Gasteiger partial charge on any atom is -0.380 e. The van der Waals surface area contributed by atoms with Crippen LogP contribution in [-0.4, -0.2) is 57.4 Å². The Hall–Kier alpha value is -0.170. The lowest BCUT2D eigenvalue weighted by molar-refractivity contribution is 0.0571. The van der Waals surface area contributed by atoms with Crippen LogP contribution in [0.25, 0.3) is 0 Å². The van der Waals surface area contributed by atoms with E-state index in [2.05, 4.69) is 5.32 Å². The molecule has 5 nitrogen and oxygen atoms in total. The van der Waals surface area contributed by atoms with E-state index in [4.69, 9.17) is 4.74 Å². The second-order valence-corrected chi connectivity index (χ2v) is 7.30. The molecule has 2 fully saturated rings. The van der Waals surface area contributed by atoms with Crippen molar-refractivity contribution in [1.82, 2.24) is 9.62 Å². The van der Waals surface area contributed by atoms with Crippen molar-refractivity contribution < 1.29 is 13.2 Å². The number of hydrogen-bond acceptors (Lipinski definition) is 4. The van der Waals surface area contributed by atoms with Gasteiger partial charge in [0.2, 0.25) is 10.0 Å². The van der Waals surface area contributed by atoms with Crippen LogP contribution in [0.3, 0.4) is 0 Å². The van der Waals surface area contributed by atoms with Crippen LogP contribution < -0.4 is 5.32 Å². The summed E-state index contributed by atoms with van der Waals surface area (Å²) in [6.45, 7) is 2.11. The van der Waals surface area contributed by atoms with Gasteiger partial charge in [-0.05, 0) is 32.2 Å². The molecule has 0 saturated carbocycles. The van der Waals surface area contributed by atoms with Crippen LogP contribution in [-0.2, 0) is 14.8 Å². The van der Waals surface area contributed by atoms with Crippen LogP contribution in [0.4, 0.5) is 0 Å². The van der Waals surface area contributed by atoms with Crippen molar-refractivity contribution in [3.63, 3.8) is 0 Å². The number of hydrogen-bond donors (Lipinski definition) is 1. The predicted molar refractivity (Wildman–Crippen MR) is 71.0 cm³/mol. The molecule has 2 aliphatic rings. The van der Waals surface area contributed by atoms with Crippen molar-refractivity contribution in [3.05, 3.63) is 0 Å². The molecular formula is C12H24N2O3S. The lowest BCUT2D eigenvalue weighted by Gasteiger charge is -2.33. The van der Waals surface area contributed by atoms with E-state index in [1.807, 2.05) is 0 Å². The van der Waals surface area contributed by atoms with Crippen molar-refractivity contribution in [1.29, 1.82) is 0 Å². The van der Waals surface area contributed by atoms with Crippen LogP contribution in [0.15, 0.2) is 0 Å². The quantitative estimate of drug-likeness (QED) is 0.815. The summed E-state index contributed by atoms with van der Waals surface area (Å²) in [5.41, 5.74) is 0. The highest BCUT2D eigenvalue weighted by Crippen LogP contribution is 2.18. The fourth-order valence-corrected chi connectivity index (χ4v) is 4.58. The Morgan fingerprint density at radius 1 is 1.28 bits per heavy atom. The first kappa shape index (κ1) is 14.2. The number of rotatable bonds is 4. The molecule has 2 heterocycles. The van der Waals surface area contributed by atoms with E-state index in [1.54, 1.807) is 11.4 Å². The first-order valence-corrected chi connectivity index (χ1v) is 8.47. The molecular weight excluding hydrogens is 252 g/mol. The van der Waals surface area contributed by atoms with Gasteiger partial charge in [-0.25, -0.2) is 8.42 Å². The molecule has 0 bridgehead atoms. The highest BCUT2D eigenvalue weighted by molar-refractivity contribution is 7.89. The topological polar surface area (TPSA) is 58.6 Å². The predicted octanol–water partition coefficient (Wildman–Crippen LogP) is 0.569. The standard InChI is InChI=1S/C12H24N2O3S/c1-17-12-6-4-8-14(9-12)18(15,16)10-11-5-2-3-7-13-11/h11-13H,2-10H2,1H3. The van der Waals surface area contributed by atoms with Crippen LogP contribution >= 0.6 is 0 Å². The SMILES string of the molecule is COC1CCCN(S(=O)(=O)CC2CCCCN2)C1. The summed E-state index contributed by atoms with van der Waals surface area (Å²) in [5.74, 6) is 0.240. The molecule has 0 spiro atoms. The average molecular weight is 276 g/mol. The van der Waals surface area contributed by atoms with Gasteiger partial charge in [0, 0.05) is 26.2 Å². The maximum atomic E-state index is 12.3. The highest BCUT2D eigenvalue weighted by atomic mass is 32.2. The van der Waals surface area contributed by atoms with Crippen molar-refractivity contribution in [2.45, 2.75) is 44.2 Å². The summed E-state index contributed by atoms with van der Waals surface area (Å²) < 4.78 is 31.6. The molecule has 0 aliphatic carbocycles. The number of methoxy groups -OCH3 is 1. The summed E-state index contributed by atoms with van der Waals surface area (Å²) in [6, 6.07) is 0.131. The molecule has 2 rings (SSSR count). The smallest absolute Gasteiger partial charge is 0.215 e. The molecule has 6 heteroatoms. The van der Waals surface area contributed by atoms with Gasteiger partial charge in [0.15, 0.2) is 0 Å². The van der Waals surface area contributed by atoms with Gasteiger partial charge in [-0.15, -0.1) is 0 Å². The van der Waals surface area contributed by atoms with Crippen LogP contribution in [0, 0.1) is 0 Å². The van der Waals surface area contributed by atoms with Crippen molar-refractivity contribution >= 4 is 10.0 Å². The number of sulfonamides is 1. The zero-order valence-electron chi connectivity index (χ0n) is 11.1. The lowest BCUT2D eigenvalue weighted by Crippen LogP contribution is -2.48. The van der Waals surface area contributed by atoms with Gasteiger partial charge in [0.25, 0.3) is 0 Å². The zero-order valence-corrected chi connectivity index (χ0v) is 11.9. The van der Waals surface area contributed by atoms with E-state index in [0.29, 0.717) is 13.1 Å². The van der Waals surface area contributed by atoms with E-state index >= 15 is 0 Å². The third-order valence-corrected chi connectivity index (χ3v) is 5.83. The van der Waals surface area contributed by atoms with Gasteiger partial charge in [0.05, 0.1) is 11.9 Å². The Kier molecular flexibility index (Phi) is 5.00. The molecule has 0 radical (unpaired) electrons. The fraction of sp³-hybridized carbons (Fsp3) is 1.00. The number of ether oxygens (including phenoxy) is 1. The molecule has 106 valence electrons. The third-order valence-electron chi connectivity index (χ3n) is 3.89. The minimum atomic E-state index is -3.14. The molecule has 0 aromatic rings. The minimum absolute atomic E-state index is 0.0628. The zero-order chi connectivity index (χ0) is 13.0. The lowest BCUT2D eigenvalue weighted by atomic mass is 10.1. The maximum Gasteiger partial charge on any atom is 0.215 e. The summed E-state index contributed by atoms with van der Waals surface area (Å²) in [6.07, 6.45) is 5.19. The summed E-state index contributed by atoms with van der Waals surface area (Å²) >= 11 is 0. The highest BCUT2D eigenvalue weighted by Gasteiger charge is 2.31. The third kappa shape index (κ3) is 3.66. The van der Waals surface area contributed by atoms with Gasteiger partial charge >= 0.3 is 0 Å². The normalized spacial score (nSPS) is 31.4. The average Bonchev–Trinajstić information content (AvgIpc) is 2.39. The molecule has 2 unspecified atom stereocenters. The Labute approximate surface area is 110 Å². The monoisotopic (exact) mass is 276 g/mol. The molecule has 0 amide bonds. The van der Waals surface area contributed by atoms with E-state index < -0.39 is 10.0 Å². The first-order chi connectivity index (χ1) is 8.62. The number of piperidine rings is 2. The van der Waals surface area contributed by atoms with E-state index in [-0.39, 0.29) is 17.9 Å². The largest absolute Gasteiger partial charge is 0.380 e. The van der Waals surface area contributed by atoms with Crippen LogP contribution in [0.2, 0.25) is 0 Å². The second kappa shape index (κ2) is 6.32. The van der Waals surface area contributed by atoms with Crippen LogP contribution in [0.5, 0.6) is 0 Å². The Balaban J connectivity index is 1.92. The molecule has 18 heavy (non-hydrogen) atoms. The van der Waals surface area contributed by atoms with Crippen molar-refractivity contribution in [3.8, 4) is 0 Å². The van der Waals surface area contributed by atoms with Crippen molar-refractivity contribution in [2.75, 3.05) is 32.5 Å². The Bertz CT molecular complexity index is 352. The molecule has 0 aromatic carbocycles. The Morgan fingerprint density at radius 3 is 2.78 bits per heavy atom. The molecule has 2 saturated heterocycles. The van der Waals surface area contributed by atoms with Gasteiger partial charge in [-0.1, -0.05) is 6.42 Å². The van der Waals surface area contributed by atoms with Crippen molar-refractivity contribution in [2.24, 2.45) is 0 Å². The van der Waals surface area contributed by atoms with E-state index in [1.165, 1.54) is 0 Å². The van der Waals surface area contributed by atoms with Gasteiger partial charge in [-0.2, -0.15) is 4.31 Å². The number of nitrogens with zero attached hydrogens (tertiary/aromatic N) is 1. The molecule has 2 atom stereocenters. The molecule has 1 N–H and O–H groups in total. The second-order valence-electron chi connectivity index (χ2n) is 5.28. The molecule has 2 aliphatic heterocycles. The van der Waals surface area contributed by atoms with E-state index in [9.17, 15) is 8.42 Å². The first-order valence-electron chi connectivity index (χ1n) is 6.86. The summed E-state index contributed by atoms with van der Waals surface area (Å²) in [7, 11) is -1.48. The van der Waals surface area contributed by atoms with Crippen LogP contribution in [0.1, 0.15) is 32.1 Å². The summed E-state index contributed by atoms with van der Waals surface area (Å²) in [4.78, 5) is 0. The van der Waals surface area contributed by atoms with E-state index in [0.717, 1.165) is 38.6 Å². The fourth-order valence-electron chi connectivity index (χ4n) is 2.78. The van der Waals surface area contributed by atoms with Gasteiger partial charge < -0.3 is 10.1 Å². The Morgan fingerprint density at radius 2 is 2.11 bits per heavy atom.